The monoisotopic (exact) mass is 346 g/mol. The summed E-state index contributed by atoms with van der Waals surface area (Å²) >= 11 is 0. The molecule has 2 N–H and O–H groups in total. The van der Waals surface area contributed by atoms with Gasteiger partial charge in [0.2, 0.25) is 5.91 Å². The van der Waals surface area contributed by atoms with Crippen molar-refractivity contribution < 1.29 is 23.5 Å². The van der Waals surface area contributed by atoms with Gasteiger partial charge in [-0.2, -0.15) is 0 Å². The molecule has 0 atom stereocenters. The number of benzene rings is 1. The molecule has 1 aromatic heterocycles. The van der Waals surface area contributed by atoms with Crippen LogP contribution in [0.5, 0.6) is 11.5 Å². The van der Waals surface area contributed by atoms with Crippen LogP contribution in [0.25, 0.3) is 0 Å². The first-order chi connectivity index (χ1) is 12.1. The molecule has 2 rings (SSSR count). The number of furan rings is 1. The first-order valence-corrected chi connectivity index (χ1v) is 8.17. The van der Waals surface area contributed by atoms with Gasteiger partial charge in [0.05, 0.1) is 30.9 Å². The summed E-state index contributed by atoms with van der Waals surface area (Å²) in [5.41, 5.74) is 0.925. The molecule has 25 heavy (non-hydrogen) atoms. The highest BCUT2D eigenvalue weighted by Gasteiger charge is 2.17. The minimum atomic E-state index is -0.404. The van der Waals surface area contributed by atoms with Crippen molar-refractivity contribution in [3.63, 3.8) is 0 Å². The number of hydrogen-bond donors (Lipinski definition) is 2. The predicted molar refractivity (Wildman–Crippen MR) is 94.4 cm³/mol. The van der Waals surface area contributed by atoms with E-state index in [2.05, 4.69) is 10.6 Å². The van der Waals surface area contributed by atoms with Crippen LogP contribution in [0.4, 0.5) is 11.4 Å². The Kier molecular flexibility index (Phi) is 6.45. The minimum Gasteiger partial charge on any atom is -0.492 e. The van der Waals surface area contributed by atoms with Crippen molar-refractivity contribution in [1.29, 1.82) is 0 Å². The molecule has 0 aliphatic carbocycles. The Balaban J connectivity index is 2.37. The van der Waals surface area contributed by atoms with E-state index in [0.29, 0.717) is 42.5 Å². The van der Waals surface area contributed by atoms with Crippen LogP contribution in [0.1, 0.15) is 37.7 Å². The SMILES string of the molecule is CCOc1cc(NC(=O)c2ccco2)c(OCC)cc1NC(=O)CC. The number of ether oxygens (including phenoxy) is 2. The maximum Gasteiger partial charge on any atom is 0.291 e. The number of amides is 2. The molecule has 0 aliphatic heterocycles. The Hall–Kier alpha value is -2.96. The third-order valence-corrected chi connectivity index (χ3v) is 3.27. The summed E-state index contributed by atoms with van der Waals surface area (Å²) in [5, 5.41) is 5.52. The zero-order valence-corrected chi connectivity index (χ0v) is 14.5. The van der Waals surface area contributed by atoms with Gasteiger partial charge in [-0.05, 0) is 26.0 Å². The molecule has 2 aromatic rings. The highest BCUT2D eigenvalue weighted by Crippen LogP contribution is 2.37. The second-order valence-corrected chi connectivity index (χ2v) is 5.04. The predicted octanol–water partition coefficient (Wildman–Crippen LogP) is 3.68. The summed E-state index contributed by atoms with van der Waals surface area (Å²) in [4.78, 5) is 24.0. The summed E-state index contributed by atoms with van der Waals surface area (Å²) in [5.74, 6) is 0.512. The Morgan fingerprint density at radius 3 is 2.08 bits per heavy atom. The van der Waals surface area contributed by atoms with Crippen LogP contribution in [-0.2, 0) is 4.79 Å². The Bertz CT molecular complexity index is 725. The molecule has 1 heterocycles. The van der Waals surface area contributed by atoms with E-state index in [1.807, 2.05) is 13.8 Å². The van der Waals surface area contributed by atoms with E-state index in [1.54, 1.807) is 31.2 Å². The molecule has 1 aromatic carbocycles. The first kappa shape index (κ1) is 18.4. The Morgan fingerprint density at radius 2 is 1.60 bits per heavy atom. The highest BCUT2D eigenvalue weighted by atomic mass is 16.5. The van der Waals surface area contributed by atoms with Crippen LogP contribution in [0.2, 0.25) is 0 Å². The van der Waals surface area contributed by atoms with Gasteiger partial charge in [-0.1, -0.05) is 6.92 Å². The van der Waals surface area contributed by atoms with Gasteiger partial charge in [0.25, 0.3) is 5.91 Å². The van der Waals surface area contributed by atoms with Crippen LogP contribution < -0.4 is 20.1 Å². The molecule has 0 fully saturated rings. The van der Waals surface area contributed by atoms with Gasteiger partial charge < -0.3 is 24.5 Å². The number of carbonyl (C=O) groups excluding carboxylic acids is 2. The molecule has 134 valence electrons. The zero-order chi connectivity index (χ0) is 18.2. The van der Waals surface area contributed by atoms with Crippen LogP contribution in [0, 0.1) is 0 Å². The molecule has 2 amide bonds. The largest absolute Gasteiger partial charge is 0.492 e. The standard InChI is InChI=1S/C18H22N2O5/c1-4-17(21)19-12-10-16(24-6-3)13(11-15(12)23-5-2)20-18(22)14-8-7-9-25-14/h7-11H,4-6H2,1-3H3,(H,19,21)(H,20,22). The molecule has 7 nitrogen and oxygen atoms in total. The first-order valence-electron chi connectivity index (χ1n) is 8.17. The maximum atomic E-state index is 12.2. The summed E-state index contributed by atoms with van der Waals surface area (Å²) in [6.45, 7) is 6.24. The van der Waals surface area contributed by atoms with E-state index in [-0.39, 0.29) is 11.7 Å². The van der Waals surface area contributed by atoms with Crippen molar-refractivity contribution in [2.45, 2.75) is 27.2 Å². The molecular formula is C18H22N2O5. The number of nitrogens with one attached hydrogen (secondary N) is 2. The molecule has 7 heteroatoms. The van der Waals surface area contributed by atoms with Gasteiger partial charge in [-0.25, -0.2) is 0 Å². The van der Waals surface area contributed by atoms with Crippen molar-refractivity contribution >= 4 is 23.2 Å². The van der Waals surface area contributed by atoms with Gasteiger partial charge in [-0.15, -0.1) is 0 Å². The minimum absolute atomic E-state index is 0.143. The molecule has 0 spiro atoms. The summed E-state index contributed by atoms with van der Waals surface area (Å²) in [7, 11) is 0. The highest BCUT2D eigenvalue weighted by molar-refractivity contribution is 6.04. The lowest BCUT2D eigenvalue weighted by atomic mass is 10.2. The third-order valence-electron chi connectivity index (χ3n) is 3.27. The summed E-state index contributed by atoms with van der Waals surface area (Å²) < 4.78 is 16.3. The molecule has 0 bridgehead atoms. The van der Waals surface area contributed by atoms with Crippen LogP contribution in [0.15, 0.2) is 34.9 Å². The van der Waals surface area contributed by atoms with Gasteiger partial charge in [0.15, 0.2) is 5.76 Å². The van der Waals surface area contributed by atoms with E-state index in [0.717, 1.165) is 0 Å². The van der Waals surface area contributed by atoms with E-state index in [9.17, 15) is 9.59 Å². The van der Waals surface area contributed by atoms with Crippen LogP contribution >= 0.6 is 0 Å². The fourth-order valence-corrected chi connectivity index (χ4v) is 2.14. The average Bonchev–Trinajstić information content (AvgIpc) is 3.13. The number of hydrogen-bond acceptors (Lipinski definition) is 5. The van der Waals surface area contributed by atoms with Crippen molar-refractivity contribution in [3.8, 4) is 11.5 Å². The second-order valence-electron chi connectivity index (χ2n) is 5.04. The fraction of sp³-hybridized carbons (Fsp3) is 0.333. The van der Waals surface area contributed by atoms with Gasteiger partial charge in [0, 0.05) is 18.6 Å². The van der Waals surface area contributed by atoms with E-state index in [4.69, 9.17) is 13.9 Å². The smallest absolute Gasteiger partial charge is 0.291 e. The number of rotatable bonds is 8. The van der Waals surface area contributed by atoms with Crippen molar-refractivity contribution in [2.24, 2.45) is 0 Å². The number of anilines is 2. The van der Waals surface area contributed by atoms with Crippen molar-refractivity contribution in [2.75, 3.05) is 23.8 Å². The maximum absolute atomic E-state index is 12.2. The topological polar surface area (TPSA) is 89.8 Å². The summed E-state index contributed by atoms with van der Waals surface area (Å²) in [6, 6.07) is 6.46. The normalized spacial score (nSPS) is 10.2. The third kappa shape index (κ3) is 4.76. The molecule has 0 saturated heterocycles. The molecule has 0 aliphatic rings. The molecule has 0 radical (unpaired) electrons. The Morgan fingerprint density at radius 1 is 1.00 bits per heavy atom. The zero-order valence-electron chi connectivity index (χ0n) is 14.5. The van der Waals surface area contributed by atoms with Crippen molar-refractivity contribution in [1.82, 2.24) is 0 Å². The lowest BCUT2D eigenvalue weighted by molar-refractivity contribution is -0.115. The fourth-order valence-electron chi connectivity index (χ4n) is 2.14. The average molecular weight is 346 g/mol. The van der Waals surface area contributed by atoms with E-state index in [1.165, 1.54) is 6.26 Å². The van der Waals surface area contributed by atoms with E-state index < -0.39 is 5.91 Å². The summed E-state index contributed by atoms with van der Waals surface area (Å²) in [6.07, 6.45) is 1.76. The lowest BCUT2D eigenvalue weighted by Crippen LogP contribution is -2.14. The molecular weight excluding hydrogens is 324 g/mol. The molecule has 0 unspecified atom stereocenters. The van der Waals surface area contributed by atoms with Gasteiger partial charge in [0.1, 0.15) is 11.5 Å². The van der Waals surface area contributed by atoms with E-state index >= 15 is 0 Å². The number of carbonyl (C=O) groups is 2. The van der Waals surface area contributed by atoms with Gasteiger partial charge >= 0.3 is 0 Å². The lowest BCUT2D eigenvalue weighted by Gasteiger charge is -2.17. The van der Waals surface area contributed by atoms with Crippen LogP contribution in [0.3, 0.4) is 0 Å². The second kappa shape index (κ2) is 8.77. The molecule has 0 saturated carbocycles. The quantitative estimate of drug-likeness (QED) is 0.761. The van der Waals surface area contributed by atoms with Crippen LogP contribution in [-0.4, -0.2) is 25.0 Å². The Labute approximate surface area is 146 Å². The van der Waals surface area contributed by atoms with Gasteiger partial charge in [-0.3, -0.25) is 9.59 Å². The van der Waals surface area contributed by atoms with Crippen molar-refractivity contribution in [3.05, 3.63) is 36.3 Å².